The lowest BCUT2D eigenvalue weighted by molar-refractivity contribution is 0.604. The number of nitrogens with two attached hydrogens (primary N) is 1. The molecule has 1 atom stereocenters. The van der Waals surface area contributed by atoms with Crippen molar-refractivity contribution >= 4 is 15.9 Å². The zero-order valence-electron chi connectivity index (χ0n) is 11.5. The van der Waals surface area contributed by atoms with E-state index in [1.807, 2.05) is 18.2 Å². The Hall–Kier alpha value is -1.23. The predicted molar refractivity (Wildman–Crippen MR) is 83.8 cm³/mol. The molecule has 4 heteroatoms. The highest BCUT2D eigenvalue weighted by atomic mass is 79.9. The van der Waals surface area contributed by atoms with E-state index in [9.17, 15) is 4.39 Å². The molecule has 1 unspecified atom stereocenters. The van der Waals surface area contributed by atoms with Crippen molar-refractivity contribution in [2.75, 3.05) is 0 Å². The summed E-state index contributed by atoms with van der Waals surface area (Å²) in [7, 11) is 0. The second-order valence-electron chi connectivity index (χ2n) is 5.12. The van der Waals surface area contributed by atoms with Gasteiger partial charge in [0.15, 0.2) is 0 Å². The van der Waals surface area contributed by atoms with Gasteiger partial charge in [-0.3, -0.25) is 5.84 Å². The van der Waals surface area contributed by atoms with Gasteiger partial charge in [-0.05, 0) is 40.8 Å². The molecule has 2 aromatic rings. The van der Waals surface area contributed by atoms with Gasteiger partial charge in [-0.1, -0.05) is 54.0 Å². The van der Waals surface area contributed by atoms with E-state index < -0.39 is 0 Å². The highest BCUT2D eigenvalue weighted by Gasteiger charge is 2.14. The summed E-state index contributed by atoms with van der Waals surface area (Å²) in [6, 6.07) is 12.8. The van der Waals surface area contributed by atoms with E-state index in [1.165, 1.54) is 17.7 Å². The first-order valence-electron chi connectivity index (χ1n) is 6.53. The molecule has 0 saturated carbocycles. The molecule has 0 fully saturated rings. The van der Waals surface area contributed by atoms with Crippen molar-refractivity contribution in [2.45, 2.75) is 25.8 Å². The van der Waals surface area contributed by atoms with Crippen LogP contribution in [0.2, 0.25) is 0 Å². The lowest BCUT2D eigenvalue weighted by atomic mass is 9.95. The first-order chi connectivity index (χ1) is 9.51. The quantitative estimate of drug-likeness (QED) is 0.646. The molecule has 0 bridgehead atoms. The van der Waals surface area contributed by atoms with Crippen LogP contribution >= 0.6 is 15.9 Å². The van der Waals surface area contributed by atoms with Gasteiger partial charge in [0.05, 0.1) is 6.04 Å². The Morgan fingerprint density at radius 2 is 1.60 bits per heavy atom. The molecule has 0 saturated heterocycles. The number of halogens is 2. The summed E-state index contributed by atoms with van der Waals surface area (Å²) < 4.78 is 14.2. The maximum Gasteiger partial charge on any atom is 0.124 e. The molecular weight excluding hydrogens is 319 g/mol. The Balaban J connectivity index is 2.36. The number of hydrogen-bond donors (Lipinski definition) is 2. The van der Waals surface area contributed by atoms with Crippen LogP contribution in [-0.2, 0) is 0 Å². The van der Waals surface area contributed by atoms with E-state index >= 15 is 0 Å². The van der Waals surface area contributed by atoms with Crippen molar-refractivity contribution in [1.29, 1.82) is 0 Å². The standard InChI is InChI=1S/C16H18BrFN2/c1-10(2)11-3-5-12(6-4-11)16(20-19)13-7-14(17)9-15(18)8-13/h3-10,16,20H,19H2,1-2H3. The van der Waals surface area contributed by atoms with Gasteiger partial charge in [-0.25, -0.2) is 9.82 Å². The number of hydrazine groups is 1. The van der Waals surface area contributed by atoms with Crippen LogP contribution in [0.3, 0.4) is 0 Å². The molecular formula is C16H18BrFN2. The van der Waals surface area contributed by atoms with Crippen LogP contribution in [0.4, 0.5) is 4.39 Å². The predicted octanol–water partition coefficient (Wildman–Crippen LogP) is 4.26. The van der Waals surface area contributed by atoms with Gasteiger partial charge >= 0.3 is 0 Å². The lowest BCUT2D eigenvalue weighted by Gasteiger charge is -2.18. The van der Waals surface area contributed by atoms with E-state index in [0.717, 1.165) is 11.1 Å². The second-order valence-corrected chi connectivity index (χ2v) is 6.04. The SMILES string of the molecule is CC(C)c1ccc(C(NN)c2cc(F)cc(Br)c2)cc1. The minimum Gasteiger partial charge on any atom is -0.271 e. The van der Waals surface area contributed by atoms with Crippen molar-refractivity contribution in [3.8, 4) is 0 Å². The summed E-state index contributed by atoms with van der Waals surface area (Å²) in [5.41, 5.74) is 5.82. The molecule has 3 N–H and O–H groups in total. The third-order valence-electron chi connectivity index (χ3n) is 3.32. The van der Waals surface area contributed by atoms with Crippen molar-refractivity contribution in [1.82, 2.24) is 5.43 Å². The lowest BCUT2D eigenvalue weighted by Crippen LogP contribution is -2.28. The minimum atomic E-state index is -0.284. The van der Waals surface area contributed by atoms with E-state index in [0.29, 0.717) is 10.4 Å². The number of benzene rings is 2. The summed E-state index contributed by atoms with van der Waals surface area (Å²) in [6.07, 6.45) is 0. The average molecular weight is 337 g/mol. The molecule has 2 aromatic carbocycles. The summed E-state index contributed by atoms with van der Waals surface area (Å²) in [4.78, 5) is 0. The molecule has 0 radical (unpaired) electrons. The van der Waals surface area contributed by atoms with Gasteiger partial charge in [-0.15, -0.1) is 0 Å². The summed E-state index contributed by atoms with van der Waals surface area (Å²) in [5, 5.41) is 0. The van der Waals surface area contributed by atoms with Crippen LogP contribution in [0.15, 0.2) is 46.9 Å². The third-order valence-corrected chi connectivity index (χ3v) is 3.78. The molecule has 0 spiro atoms. The first-order valence-corrected chi connectivity index (χ1v) is 7.32. The van der Waals surface area contributed by atoms with Crippen LogP contribution in [0.1, 0.15) is 42.5 Å². The Labute approximate surface area is 127 Å². The van der Waals surface area contributed by atoms with Gasteiger partial charge in [0.2, 0.25) is 0 Å². The Kier molecular flexibility index (Phi) is 4.91. The highest BCUT2D eigenvalue weighted by Crippen LogP contribution is 2.26. The molecule has 106 valence electrons. The molecule has 0 amide bonds. The maximum absolute atomic E-state index is 13.5. The first kappa shape index (κ1) is 15.2. The van der Waals surface area contributed by atoms with Crippen LogP contribution in [0.25, 0.3) is 0 Å². The molecule has 0 aliphatic carbocycles. The zero-order chi connectivity index (χ0) is 14.7. The van der Waals surface area contributed by atoms with E-state index in [2.05, 4.69) is 47.3 Å². The molecule has 0 aromatic heterocycles. The van der Waals surface area contributed by atoms with Crippen LogP contribution in [0, 0.1) is 5.82 Å². The van der Waals surface area contributed by atoms with Crippen molar-refractivity contribution in [3.05, 3.63) is 69.4 Å². The van der Waals surface area contributed by atoms with Crippen molar-refractivity contribution in [3.63, 3.8) is 0 Å². The zero-order valence-corrected chi connectivity index (χ0v) is 13.1. The smallest absolute Gasteiger partial charge is 0.124 e. The third kappa shape index (κ3) is 3.45. The maximum atomic E-state index is 13.5. The largest absolute Gasteiger partial charge is 0.271 e. The summed E-state index contributed by atoms with van der Waals surface area (Å²) in [5.74, 6) is 5.85. The Morgan fingerprint density at radius 1 is 1.00 bits per heavy atom. The molecule has 0 aliphatic heterocycles. The van der Waals surface area contributed by atoms with E-state index in [1.54, 1.807) is 0 Å². The molecule has 2 nitrogen and oxygen atoms in total. The second kappa shape index (κ2) is 6.48. The topological polar surface area (TPSA) is 38.0 Å². The number of rotatable bonds is 4. The summed E-state index contributed by atoms with van der Waals surface area (Å²) >= 11 is 3.31. The van der Waals surface area contributed by atoms with Crippen LogP contribution in [-0.4, -0.2) is 0 Å². The fraction of sp³-hybridized carbons (Fsp3) is 0.250. The Morgan fingerprint density at radius 3 is 2.10 bits per heavy atom. The van der Waals surface area contributed by atoms with Gasteiger partial charge in [0.25, 0.3) is 0 Å². The van der Waals surface area contributed by atoms with Gasteiger partial charge in [0, 0.05) is 4.47 Å². The Bertz CT molecular complexity index is 561. The van der Waals surface area contributed by atoms with E-state index in [-0.39, 0.29) is 11.9 Å². The number of hydrogen-bond acceptors (Lipinski definition) is 2. The van der Waals surface area contributed by atoms with Crippen LogP contribution in [0.5, 0.6) is 0 Å². The van der Waals surface area contributed by atoms with Gasteiger partial charge in [-0.2, -0.15) is 0 Å². The molecule has 20 heavy (non-hydrogen) atoms. The molecule has 0 heterocycles. The van der Waals surface area contributed by atoms with Crippen LogP contribution < -0.4 is 11.3 Å². The fourth-order valence-electron chi connectivity index (χ4n) is 2.20. The van der Waals surface area contributed by atoms with E-state index in [4.69, 9.17) is 5.84 Å². The highest BCUT2D eigenvalue weighted by molar-refractivity contribution is 9.10. The monoisotopic (exact) mass is 336 g/mol. The van der Waals surface area contributed by atoms with Gasteiger partial charge < -0.3 is 0 Å². The van der Waals surface area contributed by atoms with Crippen molar-refractivity contribution < 1.29 is 4.39 Å². The number of nitrogens with one attached hydrogen (secondary N) is 1. The molecule has 0 aliphatic rings. The fourth-order valence-corrected chi connectivity index (χ4v) is 2.68. The van der Waals surface area contributed by atoms with Crippen molar-refractivity contribution in [2.24, 2.45) is 5.84 Å². The van der Waals surface area contributed by atoms with Gasteiger partial charge in [0.1, 0.15) is 5.82 Å². The normalized spacial score (nSPS) is 12.7. The summed E-state index contributed by atoms with van der Waals surface area (Å²) in [6.45, 7) is 4.30. The average Bonchev–Trinajstić information content (AvgIpc) is 2.39. The minimum absolute atomic E-state index is 0.233. The molecule has 2 rings (SSSR count).